The van der Waals surface area contributed by atoms with Crippen LogP contribution < -0.4 is 15.0 Å². The Hall–Kier alpha value is -3.28. The summed E-state index contributed by atoms with van der Waals surface area (Å²) in [5, 5.41) is 11.3. The van der Waals surface area contributed by atoms with Crippen LogP contribution in [0.25, 0.3) is 10.9 Å². The van der Waals surface area contributed by atoms with E-state index >= 15 is 0 Å². The molecule has 6 heteroatoms. The Morgan fingerprint density at radius 3 is 2.46 bits per heavy atom. The number of benzene rings is 2. The number of para-hydroxylation sites is 1. The maximum absolute atomic E-state index is 11.4. The summed E-state index contributed by atoms with van der Waals surface area (Å²) >= 11 is 0. The molecule has 0 aliphatic rings. The molecule has 0 aliphatic heterocycles. The van der Waals surface area contributed by atoms with E-state index in [2.05, 4.69) is 4.99 Å². The fourth-order valence-electron chi connectivity index (χ4n) is 2.46. The fraction of sp³-hybridized carbons (Fsp3) is 0.111. The largest absolute Gasteiger partial charge is 0.493 e. The number of rotatable bonds is 4. The number of aldehydes is 1. The number of fused-ring (bicyclic) bond motifs is 1. The topological polar surface area (TPSA) is 73.0 Å². The molecule has 3 rings (SSSR count). The minimum atomic E-state index is 0.295. The summed E-state index contributed by atoms with van der Waals surface area (Å²) < 4.78 is 11.4. The van der Waals surface area contributed by atoms with Crippen molar-refractivity contribution in [3.8, 4) is 11.5 Å². The summed E-state index contributed by atoms with van der Waals surface area (Å²) in [4.78, 5) is 15.7. The van der Waals surface area contributed by atoms with Gasteiger partial charge in [0.05, 0.1) is 25.4 Å². The van der Waals surface area contributed by atoms with Crippen LogP contribution in [0.2, 0.25) is 0 Å². The lowest BCUT2D eigenvalue weighted by Crippen LogP contribution is -2.18. The third-order valence-corrected chi connectivity index (χ3v) is 3.69. The molecule has 24 heavy (non-hydrogen) atoms. The van der Waals surface area contributed by atoms with E-state index in [1.54, 1.807) is 24.3 Å². The zero-order valence-electron chi connectivity index (χ0n) is 13.3. The molecule has 0 aliphatic carbocycles. The Bertz CT molecular complexity index is 976. The zero-order chi connectivity index (χ0) is 17.1. The van der Waals surface area contributed by atoms with Gasteiger partial charge in [-0.25, -0.2) is 4.99 Å². The van der Waals surface area contributed by atoms with E-state index in [1.165, 1.54) is 14.2 Å². The lowest BCUT2D eigenvalue weighted by Gasteiger charge is -2.10. The third-order valence-electron chi connectivity index (χ3n) is 3.69. The number of ether oxygens (including phenoxy) is 2. The molecule has 0 saturated carbocycles. The molecule has 0 radical (unpaired) electrons. The first-order chi connectivity index (χ1) is 11.7. The smallest absolute Gasteiger partial charge is 0.169 e. The molecule has 1 aromatic heterocycles. The monoisotopic (exact) mass is 324 g/mol. The molecule has 0 atom stereocenters. The average Bonchev–Trinajstić information content (AvgIpc) is 2.63. The molecule has 0 amide bonds. The van der Waals surface area contributed by atoms with E-state index in [1.807, 2.05) is 24.3 Å². The van der Waals surface area contributed by atoms with Crippen molar-refractivity contribution in [3.05, 3.63) is 59.6 Å². The molecule has 0 fully saturated rings. The van der Waals surface area contributed by atoms with Crippen LogP contribution in [0.4, 0.5) is 5.69 Å². The quantitative estimate of drug-likeness (QED) is 0.591. The number of methoxy groups -OCH3 is 2. The summed E-state index contributed by atoms with van der Waals surface area (Å²) in [5.41, 5.74) is 1.62. The van der Waals surface area contributed by atoms with E-state index in [0.717, 1.165) is 10.1 Å². The number of hydrogen-bond acceptors (Lipinski definition) is 5. The van der Waals surface area contributed by atoms with Gasteiger partial charge in [0.1, 0.15) is 0 Å². The van der Waals surface area contributed by atoms with Crippen LogP contribution in [0.1, 0.15) is 10.4 Å². The minimum Gasteiger partial charge on any atom is -0.493 e. The summed E-state index contributed by atoms with van der Waals surface area (Å²) in [6, 6.07) is 14.0. The number of carbonyl (C=O) groups excluding carboxylic acids is 1. The number of pyridine rings is 1. The standard InChI is InChI=1S/C18H16N2O4/c1-23-16-9-13(11-21)14(10-17(16)24-2)19-18-8-7-12-5-3-4-6-15(12)20(18)22/h3-11,22H,1-2H3. The van der Waals surface area contributed by atoms with Crippen LogP contribution in [-0.4, -0.2) is 30.4 Å². The number of carbonyl (C=O) groups is 1. The van der Waals surface area contributed by atoms with E-state index in [4.69, 9.17) is 9.47 Å². The predicted molar refractivity (Wildman–Crippen MR) is 89.3 cm³/mol. The highest BCUT2D eigenvalue weighted by molar-refractivity contribution is 5.85. The molecule has 1 N–H and O–H groups in total. The summed E-state index contributed by atoms with van der Waals surface area (Å²) in [7, 11) is 3.00. The van der Waals surface area contributed by atoms with Crippen LogP contribution in [0.15, 0.2) is 53.5 Å². The maximum Gasteiger partial charge on any atom is 0.169 e. The summed E-state index contributed by atoms with van der Waals surface area (Å²) in [6.07, 6.45) is 0.684. The molecular formula is C18H16N2O4. The van der Waals surface area contributed by atoms with Crippen LogP contribution in [0.3, 0.4) is 0 Å². The van der Waals surface area contributed by atoms with Gasteiger partial charge < -0.3 is 14.7 Å². The van der Waals surface area contributed by atoms with E-state index in [9.17, 15) is 10.0 Å². The normalized spacial score (nSPS) is 11.5. The second-order valence-corrected chi connectivity index (χ2v) is 5.06. The van der Waals surface area contributed by atoms with Gasteiger partial charge in [0.25, 0.3) is 0 Å². The van der Waals surface area contributed by atoms with Gasteiger partial charge >= 0.3 is 0 Å². The first-order valence-corrected chi connectivity index (χ1v) is 7.24. The number of nitrogens with zero attached hydrogens (tertiary/aromatic N) is 2. The van der Waals surface area contributed by atoms with Crippen LogP contribution in [0.5, 0.6) is 11.5 Å². The molecule has 0 spiro atoms. The van der Waals surface area contributed by atoms with Crippen molar-refractivity contribution in [2.24, 2.45) is 4.99 Å². The van der Waals surface area contributed by atoms with Crippen molar-refractivity contribution < 1.29 is 19.5 Å². The molecule has 6 nitrogen and oxygen atoms in total. The SMILES string of the molecule is COc1cc(C=O)c(N=c2ccc3ccccc3n2O)cc1OC. The second-order valence-electron chi connectivity index (χ2n) is 5.06. The van der Waals surface area contributed by atoms with Gasteiger partial charge in [-0.2, -0.15) is 4.73 Å². The Morgan fingerprint density at radius 1 is 1.04 bits per heavy atom. The van der Waals surface area contributed by atoms with Gasteiger partial charge in [-0.05, 0) is 24.3 Å². The zero-order valence-corrected chi connectivity index (χ0v) is 13.3. The lowest BCUT2D eigenvalue weighted by atomic mass is 10.1. The van der Waals surface area contributed by atoms with Crippen molar-refractivity contribution in [3.63, 3.8) is 0 Å². The van der Waals surface area contributed by atoms with Gasteiger partial charge in [0.15, 0.2) is 23.3 Å². The third kappa shape index (κ3) is 2.69. The van der Waals surface area contributed by atoms with Crippen LogP contribution in [0, 0.1) is 0 Å². The van der Waals surface area contributed by atoms with Crippen LogP contribution >= 0.6 is 0 Å². The Morgan fingerprint density at radius 2 is 1.75 bits per heavy atom. The Balaban J connectivity index is 2.25. The molecule has 0 saturated heterocycles. The molecule has 2 aromatic carbocycles. The number of hydrogen-bond donors (Lipinski definition) is 1. The molecule has 0 bridgehead atoms. The molecule has 3 aromatic rings. The van der Waals surface area contributed by atoms with Gasteiger partial charge in [-0.3, -0.25) is 4.79 Å². The van der Waals surface area contributed by atoms with Crippen molar-refractivity contribution in [2.45, 2.75) is 0 Å². The van der Waals surface area contributed by atoms with E-state index < -0.39 is 0 Å². The molecule has 122 valence electrons. The Labute approximate surface area is 138 Å². The highest BCUT2D eigenvalue weighted by Gasteiger charge is 2.10. The average molecular weight is 324 g/mol. The summed E-state index contributed by atoms with van der Waals surface area (Å²) in [5.74, 6) is 0.890. The predicted octanol–water partition coefficient (Wildman–Crippen LogP) is 2.94. The van der Waals surface area contributed by atoms with Crippen molar-refractivity contribution in [1.29, 1.82) is 0 Å². The van der Waals surface area contributed by atoms with Crippen molar-refractivity contribution in [1.82, 2.24) is 4.73 Å². The van der Waals surface area contributed by atoms with Gasteiger partial charge in [-0.15, -0.1) is 0 Å². The van der Waals surface area contributed by atoms with Crippen molar-refractivity contribution in [2.75, 3.05) is 14.2 Å². The first kappa shape index (κ1) is 15.6. The Kier molecular flexibility index (Phi) is 4.20. The number of aromatic nitrogens is 1. The van der Waals surface area contributed by atoms with E-state index in [0.29, 0.717) is 40.0 Å². The molecule has 1 heterocycles. The maximum atomic E-state index is 11.4. The molecule has 0 unspecified atom stereocenters. The summed E-state index contributed by atoms with van der Waals surface area (Å²) in [6.45, 7) is 0. The lowest BCUT2D eigenvalue weighted by molar-refractivity contribution is 0.112. The fourth-order valence-corrected chi connectivity index (χ4v) is 2.46. The minimum absolute atomic E-state index is 0.295. The van der Waals surface area contributed by atoms with Gasteiger partial charge in [-0.1, -0.05) is 18.2 Å². The van der Waals surface area contributed by atoms with E-state index in [-0.39, 0.29) is 0 Å². The second kappa shape index (κ2) is 6.45. The highest BCUT2D eigenvalue weighted by Crippen LogP contribution is 2.33. The van der Waals surface area contributed by atoms with Crippen molar-refractivity contribution >= 4 is 22.9 Å². The van der Waals surface area contributed by atoms with Crippen LogP contribution in [-0.2, 0) is 0 Å². The first-order valence-electron chi connectivity index (χ1n) is 7.24. The molecular weight excluding hydrogens is 308 g/mol. The van der Waals surface area contributed by atoms with Gasteiger partial charge in [0.2, 0.25) is 0 Å². The van der Waals surface area contributed by atoms with Gasteiger partial charge in [0, 0.05) is 17.0 Å². The highest BCUT2D eigenvalue weighted by atomic mass is 16.5.